The van der Waals surface area contributed by atoms with E-state index in [1.54, 1.807) is 0 Å². The fraction of sp³-hybridized carbons (Fsp3) is 1.00. The van der Waals surface area contributed by atoms with Crippen molar-refractivity contribution < 1.29 is 5.11 Å². The minimum absolute atomic E-state index is 0.0168. The molecule has 3 atom stereocenters. The van der Waals surface area contributed by atoms with Gasteiger partial charge in [0, 0.05) is 5.54 Å². The molecule has 1 aliphatic carbocycles. The van der Waals surface area contributed by atoms with E-state index in [1.165, 1.54) is 12.8 Å². The van der Waals surface area contributed by atoms with Gasteiger partial charge in [-0.1, -0.05) is 40.5 Å². The Morgan fingerprint density at radius 2 is 1.94 bits per heavy atom. The van der Waals surface area contributed by atoms with E-state index < -0.39 is 0 Å². The molecule has 0 saturated heterocycles. The molecule has 0 heterocycles. The molecule has 0 spiro atoms. The maximum atomic E-state index is 10.7. The predicted molar refractivity (Wildman–Crippen MR) is 78.7 cm³/mol. The van der Waals surface area contributed by atoms with Crippen molar-refractivity contribution in [3.05, 3.63) is 0 Å². The lowest BCUT2D eigenvalue weighted by molar-refractivity contribution is -0.0505. The second-order valence-electron chi connectivity index (χ2n) is 7.81. The molecule has 2 heteroatoms. The standard InChI is InChI=1S/C16H33NO/c1-13-8-7-10-16(12-13,17(5)6)14(18)9-11-15(2,3)4/h13-14,18H,7-12H2,1-6H3. The van der Waals surface area contributed by atoms with E-state index in [9.17, 15) is 5.11 Å². The van der Waals surface area contributed by atoms with Crippen LogP contribution < -0.4 is 0 Å². The van der Waals surface area contributed by atoms with Gasteiger partial charge in [0.2, 0.25) is 0 Å². The summed E-state index contributed by atoms with van der Waals surface area (Å²) in [4.78, 5) is 2.29. The van der Waals surface area contributed by atoms with Crippen molar-refractivity contribution in [2.45, 2.75) is 77.9 Å². The van der Waals surface area contributed by atoms with Crippen molar-refractivity contribution in [1.29, 1.82) is 0 Å². The molecule has 1 rings (SSSR count). The van der Waals surface area contributed by atoms with Crippen molar-refractivity contribution in [3.63, 3.8) is 0 Å². The smallest absolute Gasteiger partial charge is 0.0723 e. The Kier molecular flexibility index (Phi) is 5.25. The molecule has 18 heavy (non-hydrogen) atoms. The Labute approximate surface area is 114 Å². The number of hydrogen-bond donors (Lipinski definition) is 1. The highest BCUT2D eigenvalue weighted by Gasteiger charge is 2.42. The van der Waals surface area contributed by atoms with Gasteiger partial charge < -0.3 is 10.0 Å². The number of rotatable bonds is 4. The molecule has 1 saturated carbocycles. The van der Waals surface area contributed by atoms with Gasteiger partial charge in [0.1, 0.15) is 0 Å². The third-order valence-corrected chi connectivity index (χ3v) is 4.69. The lowest BCUT2D eigenvalue weighted by Gasteiger charge is -2.48. The predicted octanol–water partition coefficient (Wildman–Crippen LogP) is 3.68. The summed E-state index contributed by atoms with van der Waals surface area (Å²) in [6.07, 6.45) is 6.70. The van der Waals surface area contributed by atoms with E-state index in [4.69, 9.17) is 0 Å². The summed E-state index contributed by atoms with van der Waals surface area (Å²) >= 11 is 0. The van der Waals surface area contributed by atoms with Crippen molar-refractivity contribution in [2.75, 3.05) is 14.1 Å². The number of nitrogens with zero attached hydrogens (tertiary/aromatic N) is 1. The minimum atomic E-state index is -0.186. The van der Waals surface area contributed by atoms with Gasteiger partial charge in [0.15, 0.2) is 0 Å². The van der Waals surface area contributed by atoms with E-state index >= 15 is 0 Å². The van der Waals surface area contributed by atoms with Crippen LogP contribution >= 0.6 is 0 Å². The molecule has 2 nitrogen and oxygen atoms in total. The van der Waals surface area contributed by atoms with Crippen LogP contribution in [0.1, 0.15) is 66.2 Å². The fourth-order valence-corrected chi connectivity index (χ4v) is 3.41. The van der Waals surface area contributed by atoms with Crippen LogP contribution in [-0.2, 0) is 0 Å². The molecule has 1 fully saturated rings. The van der Waals surface area contributed by atoms with Crippen LogP contribution in [0.4, 0.5) is 0 Å². The summed E-state index contributed by atoms with van der Waals surface area (Å²) in [5.74, 6) is 0.741. The third kappa shape index (κ3) is 3.96. The summed E-state index contributed by atoms with van der Waals surface area (Å²) in [5.41, 5.74) is 0.331. The van der Waals surface area contributed by atoms with Crippen LogP contribution in [0, 0.1) is 11.3 Å². The van der Waals surface area contributed by atoms with Gasteiger partial charge in [0.25, 0.3) is 0 Å². The molecule has 0 aromatic carbocycles. The molecule has 0 bridgehead atoms. The van der Waals surface area contributed by atoms with Gasteiger partial charge in [-0.15, -0.1) is 0 Å². The monoisotopic (exact) mass is 255 g/mol. The summed E-state index contributed by atoms with van der Waals surface area (Å²) in [6, 6.07) is 0. The van der Waals surface area contributed by atoms with Crippen molar-refractivity contribution >= 4 is 0 Å². The lowest BCUT2D eigenvalue weighted by atomic mass is 9.70. The van der Waals surface area contributed by atoms with E-state index in [-0.39, 0.29) is 11.6 Å². The lowest BCUT2D eigenvalue weighted by Crippen LogP contribution is -2.56. The molecule has 0 aliphatic heterocycles. The molecule has 0 radical (unpaired) electrons. The zero-order valence-electron chi connectivity index (χ0n) is 13.3. The first-order valence-corrected chi connectivity index (χ1v) is 7.53. The Hall–Kier alpha value is -0.0800. The molecule has 1 aliphatic rings. The SMILES string of the molecule is CC1CCCC(C(O)CCC(C)(C)C)(N(C)C)C1. The van der Waals surface area contributed by atoms with E-state index in [1.807, 2.05) is 0 Å². The van der Waals surface area contributed by atoms with Gasteiger partial charge in [0.05, 0.1) is 6.10 Å². The van der Waals surface area contributed by atoms with E-state index in [0.29, 0.717) is 5.41 Å². The molecular formula is C16H33NO. The largest absolute Gasteiger partial charge is 0.391 e. The topological polar surface area (TPSA) is 23.5 Å². The van der Waals surface area contributed by atoms with Crippen LogP contribution in [0.3, 0.4) is 0 Å². The highest BCUT2D eigenvalue weighted by atomic mass is 16.3. The highest BCUT2D eigenvalue weighted by molar-refractivity contribution is 4.98. The van der Waals surface area contributed by atoms with Gasteiger partial charge >= 0.3 is 0 Å². The van der Waals surface area contributed by atoms with E-state index in [2.05, 4.69) is 46.7 Å². The second-order valence-corrected chi connectivity index (χ2v) is 7.81. The average Bonchev–Trinajstić information content (AvgIpc) is 2.24. The average molecular weight is 255 g/mol. The van der Waals surface area contributed by atoms with Crippen LogP contribution in [0.25, 0.3) is 0 Å². The summed E-state index contributed by atoms with van der Waals surface area (Å²) < 4.78 is 0. The number of hydrogen-bond acceptors (Lipinski definition) is 2. The second kappa shape index (κ2) is 5.92. The molecule has 1 N–H and O–H groups in total. The fourth-order valence-electron chi connectivity index (χ4n) is 3.41. The first-order chi connectivity index (χ1) is 8.17. The Morgan fingerprint density at radius 3 is 2.39 bits per heavy atom. The zero-order valence-corrected chi connectivity index (χ0v) is 13.3. The first kappa shape index (κ1) is 16.0. The van der Waals surface area contributed by atoms with Crippen LogP contribution in [0.2, 0.25) is 0 Å². The van der Waals surface area contributed by atoms with Crippen molar-refractivity contribution in [1.82, 2.24) is 4.90 Å². The summed E-state index contributed by atoms with van der Waals surface area (Å²) in [6.45, 7) is 9.09. The first-order valence-electron chi connectivity index (χ1n) is 7.53. The molecule has 0 amide bonds. The van der Waals surface area contributed by atoms with Crippen LogP contribution in [0.15, 0.2) is 0 Å². The highest BCUT2D eigenvalue weighted by Crippen LogP contribution is 2.40. The van der Waals surface area contributed by atoms with E-state index in [0.717, 1.165) is 31.6 Å². The zero-order chi connectivity index (χ0) is 14.0. The van der Waals surface area contributed by atoms with Crippen LogP contribution in [0.5, 0.6) is 0 Å². The third-order valence-electron chi connectivity index (χ3n) is 4.69. The van der Waals surface area contributed by atoms with Gasteiger partial charge in [-0.2, -0.15) is 0 Å². The normalized spacial score (nSPS) is 31.7. The number of aliphatic hydroxyl groups excluding tert-OH is 1. The molecule has 3 unspecified atom stereocenters. The minimum Gasteiger partial charge on any atom is -0.391 e. The Morgan fingerprint density at radius 1 is 1.33 bits per heavy atom. The van der Waals surface area contributed by atoms with Crippen LogP contribution in [-0.4, -0.2) is 35.7 Å². The number of likely N-dealkylation sites (N-methyl/N-ethyl adjacent to an activating group) is 1. The Bertz CT molecular complexity index is 256. The van der Waals surface area contributed by atoms with Crippen molar-refractivity contribution in [3.8, 4) is 0 Å². The van der Waals surface area contributed by atoms with Gasteiger partial charge in [-0.25, -0.2) is 0 Å². The summed E-state index contributed by atoms with van der Waals surface area (Å²) in [5, 5.41) is 10.7. The van der Waals surface area contributed by atoms with Gasteiger partial charge in [-0.05, 0) is 51.1 Å². The molecular weight excluding hydrogens is 222 g/mol. The Balaban J connectivity index is 2.71. The number of aliphatic hydroxyl groups is 1. The molecule has 0 aromatic rings. The molecule has 0 aromatic heterocycles. The van der Waals surface area contributed by atoms with Gasteiger partial charge in [-0.3, -0.25) is 0 Å². The maximum Gasteiger partial charge on any atom is 0.0723 e. The summed E-state index contributed by atoms with van der Waals surface area (Å²) in [7, 11) is 4.27. The van der Waals surface area contributed by atoms with Crippen molar-refractivity contribution in [2.24, 2.45) is 11.3 Å². The quantitative estimate of drug-likeness (QED) is 0.828. The molecule has 108 valence electrons. The maximum absolute atomic E-state index is 10.7.